The van der Waals surface area contributed by atoms with Gasteiger partial charge in [-0.1, -0.05) is 6.07 Å². The summed E-state index contributed by atoms with van der Waals surface area (Å²) in [4.78, 5) is 2.42. The zero-order valence-electron chi connectivity index (χ0n) is 10.9. The lowest BCUT2D eigenvalue weighted by Crippen LogP contribution is -2.36. The molecule has 100 valence electrons. The number of hydrogen-bond donors (Lipinski definition) is 1. The predicted octanol–water partition coefficient (Wildman–Crippen LogP) is 1.67. The van der Waals surface area contributed by atoms with Crippen LogP contribution in [0.3, 0.4) is 0 Å². The fourth-order valence-corrected chi connectivity index (χ4v) is 2.22. The van der Waals surface area contributed by atoms with E-state index in [0.29, 0.717) is 5.75 Å². The molecule has 0 amide bonds. The first-order valence-corrected chi connectivity index (χ1v) is 6.45. The maximum Gasteiger partial charge on any atom is 0.160 e. The largest absolute Gasteiger partial charge is 0.504 e. The van der Waals surface area contributed by atoms with Crippen molar-refractivity contribution in [3.05, 3.63) is 23.8 Å². The van der Waals surface area contributed by atoms with Crippen molar-refractivity contribution in [2.75, 3.05) is 40.0 Å². The van der Waals surface area contributed by atoms with Crippen molar-refractivity contribution < 1.29 is 14.6 Å². The van der Waals surface area contributed by atoms with Crippen molar-refractivity contribution in [3.63, 3.8) is 0 Å². The van der Waals surface area contributed by atoms with Gasteiger partial charge in [0.05, 0.1) is 20.3 Å². The average molecular weight is 251 g/mol. The summed E-state index contributed by atoms with van der Waals surface area (Å²) >= 11 is 0. The molecule has 1 aliphatic heterocycles. The van der Waals surface area contributed by atoms with Gasteiger partial charge in [-0.05, 0) is 37.1 Å². The van der Waals surface area contributed by atoms with E-state index >= 15 is 0 Å². The number of aryl methyl sites for hydroxylation is 1. The van der Waals surface area contributed by atoms with E-state index in [0.717, 1.165) is 51.3 Å². The number of rotatable bonds is 5. The summed E-state index contributed by atoms with van der Waals surface area (Å²) in [6.07, 6.45) is 2.08. The van der Waals surface area contributed by atoms with Crippen molar-refractivity contribution in [1.29, 1.82) is 0 Å². The molecule has 0 unspecified atom stereocenters. The Bertz CT molecular complexity index is 375. The van der Waals surface area contributed by atoms with E-state index in [-0.39, 0.29) is 5.75 Å². The van der Waals surface area contributed by atoms with Gasteiger partial charge in [-0.15, -0.1) is 0 Å². The highest BCUT2D eigenvalue weighted by molar-refractivity contribution is 5.41. The van der Waals surface area contributed by atoms with E-state index < -0.39 is 0 Å². The predicted molar refractivity (Wildman–Crippen MR) is 70.2 cm³/mol. The van der Waals surface area contributed by atoms with Crippen LogP contribution >= 0.6 is 0 Å². The maximum atomic E-state index is 9.69. The van der Waals surface area contributed by atoms with Crippen LogP contribution in [0.5, 0.6) is 11.5 Å². The molecule has 0 aliphatic carbocycles. The molecule has 1 fully saturated rings. The van der Waals surface area contributed by atoms with Crippen LogP contribution < -0.4 is 4.74 Å². The lowest BCUT2D eigenvalue weighted by atomic mass is 10.1. The Kier molecular flexibility index (Phi) is 4.84. The summed E-state index contributed by atoms with van der Waals surface area (Å²) < 4.78 is 10.3. The van der Waals surface area contributed by atoms with Gasteiger partial charge in [-0.25, -0.2) is 0 Å². The van der Waals surface area contributed by atoms with Gasteiger partial charge in [0.25, 0.3) is 0 Å². The summed E-state index contributed by atoms with van der Waals surface area (Å²) in [6, 6.07) is 5.62. The number of hydrogen-bond acceptors (Lipinski definition) is 4. The highest BCUT2D eigenvalue weighted by atomic mass is 16.5. The van der Waals surface area contributed by atoms with Crippen LogP contribution in [0.2, 0.25) is 0 Å². The molecule has 4 nitrogen and oxygen atoms in total. The second-order valence-electron chi connectivity index (χ2n) is 4.56. The minimum atomic E-state index is 0.223. The summed E-state index contributed by atoms with van der Waals surface area (Å²) in [7, 11) is 1.56. The maximum absolute atomic E-state index is 9.69. The Morgan fingerprint density at radius 1 is 1.33 bits per heavy atom. The van der Waals surface area contributed by atoms with Gasteiger partial charge >= 0.3 is 0 Å². The second-order valence-corrected chi connectivity index (χ2v) is 4.56. The van der Waals surface area contributed by atoms with E-state index in [1.807, 2.05) is 12.1 Å². The van der Waals surface area contributed by atoms with E-state index in [2.05, 4.69) is 4.90 Å². The SMILES string of the molecule is COc1ccc(CCCN2CCOCC2)cc1O. The van der Waals surface area contributed by atoms with Crippen LogP contribution in [0.4, 0.5) is 0 Å². The average Bonchev–Trinajstić information content (AvgIpc) is 2.40. The summed E-state index contributed by atoms with van der Waals surface area (Å²) in [6.45, 7) is 4.87. The Balaban J connectivity index is 1.77. The number of methoxy groups -OCH3 is 1. The van der Waals surface area contributed by atoms with E-state index in [9.17, 15) is 5.11 Å². The van der Waals surface area contributed by atoms with Gasteiger partial charge < -0.3 is 14.6 Å². The molecule has 2 rings (SSSR count). The first kappa shape index (κ1) is 13.2. The van der Waals surface area contributed by atoms with Crippen LogP contribution in [0, 0.1) is 0 Å². The quantitative estimate of drug-likeness (QED) is 0.864. The first-order chi connectivity index (χ1) is 8.79. The smallest absolute Gasteiger partial charge is 0.160 e. The topological polar surface area (TPSA) is 41.9 Å². The molecule has 1 aromatic carbocycles. The fraction of sp³-hybridized carbons (Fsp3) is 0.571. The number of benzene rings is 1. The van der Waals surface area contributed by atoms with Crippen molar-refractivity contribution in [2.45, 2.75) is 12.8 Å². The zero-order chi connectivity index (χ0) is 12.8. The molecule has 0 atom stereocenters. The molecule has 1 aromatic rings. The van der Waals surface area contributed by atoms with Crippen LogP contribution in [0.25, 0.3) is 0 Å². The normalized spacial score (nSPS) is 16.7. The number of aromatic hydroxyl groups is 1. The highest BCUT2D eigenvalue weighted by Crippen LogP contribution is 2.26. The van der Waals surface area contributed by atoms with Crippen LogP contribution in [0.15, 0.2) is 18.2 Å². The van der Waals surface area contributed by atoms with Crippen molar-refractivity contribution >= 4 is 0 Å². The lowest BCUT2D eigenvalue weighted by molar-refractivity contribution is 0.0374. The Morgan fingerprint density at radius 2 is 2.11 bits per heavy atom. The fourth-order valence-electron chi connectivity index (χ4n) is 2.22. The van der Waals surface area contributed by atoms with Crippen LogP contribution in [-0.4, -0.2) is 50.0 Å². The van der Waals surface area contributed by atoms with E-state index in [1.165, 1.54) is 0 Å². The highest BCUT2D eigenvalue weighted by Gasteiger charge is 2.09. The number of phenols is 1. The second kappa shape index (κ2) is 6.61. The molecule has 0 bridgehead atoms. The zero-order valence-corrected chi connectivity index (χ0v) is 10.9. The lowest BCUT2D eigenvalue weighted by Gasteiger charge is -2.26. The molecule has 0 spiro atoms. The van der Waals surface area contributed by atoms with E-state index in [4.69, 9.17) is 9.47 Å². The van der Waals surface area contributed by atoms with E-state index in [1.54, 1.807) is 13.2 Å². The van der Waals surface area contributed by atoms with Gasteiger partial charge in [0.1, 0.15) is 0 Å². The molecule has 0 radical (unpaired) electrons. The molecule has 4 heteroatoms. The summed E-state index contributed by atoms with van der Waals surface area (Å²) in [5.41, 5.74) is 1.15. The Hall–Kier alpha value is -1.26. The minimum Gasteiger partial charge on any atom is -0.504 e. The Labute approximate surface area is 108 Å². The summed E-state index contributed by atoms with van der Waals surface area (Å²) in [5, 5.41) is 9.69. The molecule has 1 aliphatic rings. The third-order valence-electron chi connectivity index (χ3n) is 3.29. The van der Waals surface area contributed by atoms with Crippen molar-refractivity contribution in [2.24, 2.45) is 0 Å². The number of ether oxygens (including phenoxy) is 2. The monoisotopic (exact) mass is 251 g/mol. The van der Waals surface area contributed by atoms with Gasteiger partial charge in [-0.3, -0.25) is 4.90 Å². The number of phenolic OH excluding ortho intramolecular Hbond substituents is 1. The van der Waals surface area contributed by atoms with Gasteiger partial charge in [0, 0.05) is 13.1 Å². The molecular formula is C14H21NO3. The molecular weight excluding hydrogens is 230 g/mol. The van der Waals surface area contributed by atoms with Crippen LogP contribution in [0.1, 0.15) is 12.0 Å². The molecule has 18 heavy (non-hydrogen) atoms. The number of morpholine rings is 1. The molecule has 0 saturated carbocycles. The van der Waals surface area contributed by atoms with Gasteiger partial charge in [0.2, 0.25) is 0 Å². The first-order valence-electron chi connectivity index (χ1n) is 6.45. The molecule has 0 aromatic heterocycles. The number of nitrogens with zero attached hydrogens (tertiary/aromatic N) is 1. The molecule has 1 heterocycles. The standard InChI is InChI=1S/C14H21NO3/c1-17-14-5-4-12(11-13(14)16)3-2-6-15-7-9-18-10-8-15/h4-5,11,16H,2-3,6-10H2,1H3. The van der Waals surface area contributed by atoms with Crippen molar-refractivity contribution in [1.82, 2.24) is 4.90 Å². The third-order valence-corrected chi connectivity index (χ3v) is 3.29. The van der Waals surface area contributed by atoms with Gasteiger partial charge in [-0.2, -0.15) is 0 Å². The summed E-state index contributed by atoms with van der Waals surface area (Å²) in [5.74, 6) is 0.758. The van der Waals surface area contributed by atoms with Gasteiger partial charge in [0.15, 0.2) is 11.5 Å². The molecule has 1 N–H and O–H groups in total. The third kappa shape index (κ3) is 3.62. The van der Waals surface area contributed by atoms with Crippen LogP contribution in [-0.2, 0) is 11.2 Å². The molecule has 1 saturated heterocycles. The minimum absolute atomic E-state index is 0.223. The Morgan fingerprint density at radius 3 is 2.78 bits per heavy atom. The van der Waals surface area contributed by atoms with Crippen molar-refractivity contribution in [3.8, 4) is 11.5 Å².